The molecule has 0 spiro atoms. The van der Waals surface area contributed by atoms with Gasteiger partial charge < -0.3 is 10.6 Å². The summed E-state index contributed by atoms with van der Waals surface area (Å²) in [7, 11) is 0. The van der Waals surface area contributed by atoms with Crippen molar-refractivity contribution < 1.29 is 0 Å². The van der Waals surface area contributed by atoms with Crippen LogP contribution in [0.15, 0.2) is 54.6 Å². The highest BCUT2D eigenvalue weighted by Crippen LogP contribution is 2.20. The molecule has 2 rings (SSSR count). The van der Waals surface area contributed by atoms with E-state index in [2.05, 4.69) is 73.0 Å². The molecule has 2 nitrogen and oxygen atoms in total. The summed E-state index contributed by atoms with van der Waals surface area (Å²) in [4.78, 5) is 0. The van der Waals surface area contributed by atoms with Crippen molar-refractivity contribution in [2.75, 3.05) is 11.9 Å². The van der Waals surface area contributed by atoms with Crippen LogP contribution in [0.1, 0.15) is 37.3 Å². The fraction of sp³-hybridized carbons (Fsp3) is 0.316. The van der Waals surface area contributed by atoms with Gasteiger partial charge >= 0.3 is 0 Å². The molecule has 0 aliphatic rings. The molecule has 0 fully saturated rings. The largest absolute Gasteiger partial charge is 0.362 e. The molecule has 0 saturated heterocycles. The van der Waals surface area contributed by atoms with Gasteiger partial charge in [-0.3, -0.25) is 0 Å². The zero-order valence-electron chi connectivity index (χ0n) is 13.3. The van der Waals surface area contributed by atoms with Crippen molar-refractivity contribution in [3.05, 3.63) is 65.7 Å². The summed E-state index contributed by atoms with van der Waals surface area (Å²) >= 11 is 5.34. The van der Waals surface area contributed by atoms with E-state index in [4.69, 9.17) is 12.2 Å². The van der Waals surface area contributed by atoms with Gasteiger partial charge in [-0.1, -0.05) is 56.3 Å². The number of hydrogen-bond donors (Lipinski definition) is 2. The van der Waals surface area contributed by atoms with E-state index in [0.717, 1.165) is 25.1 Å². The lowest BCUT2D eigenvalue weighted by Crippen LogP contribution is -2.30. The summed E-state index contributed by atoms with van der Waals surface area (Å²) in [6, 6.07) is 18.9. The van der Waals surface area contributed by atoms with Gasteiger partial charge in [-0.25, -0.2) is 0 Å². The lowest BCUT2D eigenvalue weighted by atomic mass is 9.99. The van der Waals surface area contributed by atoms with Gasteiger partial charge in [0.05, 0.1) is 0 Å². The van der Waals surface area contributed by atoms with Crippen LogP contribution in [0.3, 0.4) is 0 Å². The van der Waals surface area contributed by atoms with Crippen LogP contribution in [0, 0.1) is 0 Å². The number of benzene rings is 2. The van der Waals surface area contributed by atoms with Crippen molar-refractivity contribution in [3.63, 3.8) is 0 Å². The van der Waals surface area contributed by atoms with Crippen LogP contribution >= 0.6 is 12.2 Å². The molecule has 3 heteroatoms. The topological polar surface area (TPSA) is 24.1 Å². The van der Waals surface area contributed by atoms with Gasteiger partial charge in [-0.05, 0) is 54.2 Å². The molecular weight excluding hydrogens is 288 g/mol. The lowest BCUT2D eigenvalue weighted by molar-refractivity contribution is 0.734. The van der Waals surface area contributed by atoms with E-state index in [1.54, 1.807) is 0 Å². The van der Waals surface area contributed by atoms with Crippen molar-refractivity contribution >= 4 is 23.0 Å². The SMILES string of the molecule is CC[C@H](C)c1ccc(NC(=S)NCCc2ccccc2)cc1. The number of anilines is 1. The molecule has 22 heavy (non-hydrogen) atoms. The highest BCUT2D eigenvalue weighted by atomic mass is 32.1. The molecule has 0 aromatic heterocycles. The van der Waals surface area contributed by atoms with E-state index in [0.29, 0.717) is 11.0 Å². The third-order valence-electron chi connectivity index (χ3n) is 3.89. The quantitative estimate of drug-likeness (QED) is 0.754. The second-order valence-electron chi connectivity index (χ2n) is 5.55. The standard InChI is InChI=1S/C19H24N2S/c1-3-15(2)17-9-11-18(12-10-17)21-19(22)20-14-13-16-7-5-4-6-8-16/h4-12,15H,3,13-14H2,1-2H3,(H2,20,21,22)/t15-/m0/s1. The van der Waals surface area contributed by atoms with Crippen LogP contribution in [0.2, 0.25) is 0 Å². The Kier molecular flexibility index (Phi) is 6.41. The zero-order valence-corrected chi connectivity index (χ0v) is 14.1. The average molecular weight is 312 g/mol. The third kappa shape index (κ3) is 5.15. The first kappa shape index (κ1) is 16.5. The van der Waals surface area contributed by atoms with E-state index >= 15 is 0 Å². The van der Waals surface area contributed by atoms with E-state index < -0.39 is 0 Å². The number of nitrogens with one attached hydrogen (secondary N) is 2. The second-order valence-corrected chi connectivity index (χ2v) is 5.96. The van der Waals surface area contributed by atoms with Crippen LogP contribution in [0.4, 0.5) is 5.69 Å². The molecule has 0 radical (unpaired) electrons. The van der Waals surface area contributed by atoms with Gasteiger partial charge in [0.1, 0.15) is 0 Å². The Bertz CT molecular complexity index is 578. The molecule has 2 N–H and O–H groups in total. The summed E-state index contributed by atoms with van der Waals surface area (Å²) in [5, 5.41) is 7.15. The van der Waals surface area contributed by atoms with Crippen molar-refractivity contribution in [3.8, 4) is 0 Å². The van der Waals surface area contributed by atoms with Crippen molar-refractivity contribution in [1.29, 1.82) is 0 Å². The maximum atomic E-state index is 5.34. The Morgan fingerprint density at radius 2 is 1.73 bits per heavy atom. The summed E-state index contributed by atoms with van der Waals surface area (Å²) in [6.07, 6.45) is 2.13. The Morgan fingerprint density at radius 1 is 1.05 bits per heavy atom. The number of rotatable bonds is 6. The normalized spacial score (nSPS) is 11.7. The third-order valence-corrected chi connectivity index (χ3v) is 4.14. The second kappa shape index (κ2) is 8.54. The van der Waals surface area contributed by atoms with Gasteiger partial charge in [0.2, 0.25) is 0 Å². The maximum absolute atomic E-state index is 5.34. The van der Waals surface area contributed by atoms with Gasteiger partial charge in [-0.15, -0.1) is 0 Å². The van der Waals surface area contributed by atoms with Crippen LogP contribution in [-0.4, -0.2) is 11.7 Å². The molecule has 1 atom stereocenters. The van der Waals surface area contributed by atoms with Crippen molar-refractivity contribution in [2.24, 2.45) is 0 Å². The molecule has 0 unspecified atom stereocenters. The predicted molar refractivity (Wildman–Crippen MR) is 99.5 cm³/mol. The first-order chi connectivity index (χ1) is 10.7. The van der Waals surface area contributed by atoms with Crippen molar-refractivity contribution in [1.82, 2.24) is 5.32 Å². The molecule has 0 bridgehead atoms. The Morgan fingerprint density at radius 3 is 2.36 bits per heavy atom. The predicted octanol–water partition coefficient (Wildman–Crippen LogP) is 4.73. The highest BCUT2D eigenvalue weighted by molar-refractivity contribution is 7.80. The molecule has 116 valence electrons. The molecule has 0 aliphatic carbocycles. The maximum Gasteiger partial charge on any atom is 0.170 e. The first-order valence-electron chi connectivity index (χ1n) is 7.87. The van der Waals surface area contributed by atoms with Gasteiger partial charge in [0.25, 0.3) is 0 Å². The summed E-state index contributed by atoms with van der Waals surface area (Å²) in [5.41, 5.74) is 3.72. The summed E-state index contributed by atoms with van der Waals surface area (Å²) < 4.78 is 0. The summed E-state index contributed by atoms with van der Waals surface area (Å²) in [6.45, 7) is 5.29. The minimum atomic E-state index is 0.602. The van der Waals surface area contributed by atoms with Crippen molar-refractivity contribution in [2.45, 2.75) is 32.6 Å². The lowest BCUT2D eigenvalue weighted by Gasteiger charge is -2.13. The minimum absolute atomic E-state index is 0.602. The fourth-order valence-electron chi connectivity index (χ4n) is 2.27. The molecule has 0 amide bonds. The smallest absolute Gasteiger partial charge is 0.170 e. The van der Waals surface area contributed by atoms with E-state index in [1.807, 2.05) is 6.07 Å². The highest BCUT2D eigenvalue weighted by Gasteiger charge is 2.03. The Hall–Kier alpha value is -1.87. The van der Waals surface area contributed by atoms with Crippen LogP contribution in [-0.2, 0) is 6.42 Å². The molecule has 0 aliphatic heterocycles. The van der Waals surface area contributed by atoms with Gasteiger partial charge in [-0.2, -0.15) is 0 Å². The van der Waals surface area contributed by atoms with E-state index in [1.165, 1.54) is 11.1 Å². The van der Waals surface area contributed by atoms with Crippen LogP contribution < -0.4 is 10.6 Å². The fourth-order valence-corrected chi connectivity index (χ4v) is 2.49. The zero-order chi connectivity index (χ0) is 15.8. The molecule has 2 aromatic rings. The molecule has 0 heterocycles. The first-order valence-corrected chi connectivity index (χ1v) is 8.28. The minimum Gasteiger partial charge on any atom is -0.362 e. The van der Waals surface area contributed by atoms with E-state index in [9.17, 15) is 0 Å². The Labute approximate surface area is 139 Å². The average Bonchev–Trinajstić information content (AvgIpc) is 2.56. The monoisotopic (exact) mass is 312 g/mol. The molecule has 2 aromatic carbocycles. The Balaban J connectivity index is 1.77. The van der Waals surface area contributed by atoms with Crippen LogP contribution in [0.25, 0.3) is 0 Å². The van der Waals surface area contributed by atoms with Gasteiger partial charge in [0.15, 0.2) is 5.11 Å². The summed E-state index contributed by atoms with van der Waals surface area (Å²) in [5.74, 6) is 0.602. The number of hydrogen-bond acceptors (Lipinski definition) is 1. The number of thiocarbonyl (C=S) groups is 1. The molecular formula is C19H24N2S. The van der Waals surface area contributed by atoms with Crippen LogP contribution in [0.5, 0.6) is 0 Å². The van der Waals surface area contributed by atoms with E-state index in [-0.39, 0.29) is 0 Å². The van der Waals surface area contributed by atoms with Gasteiger partial charge in [0, 0.05) is 12.2 Å². The molecule has 0 saturated carbocycles.